The molecule has 0 spiro atoms. The molecule has 0 aliphatic rings. The average molecular weight is 367 g/mol. The largest absolute Gasteiger partial charge is 0.356 e. The molecular weight excluding hydrogens is 344 g/mol. The van der Waals surface area contributed by atoms with Gasteiger partial charge < -0.3 is 10.6 Å². The molecule has 2 amide bonds. The second-order valence-corrected chi connectivity index (χ2v) is 7.64. The molecule has 0 aliphatic carbocycles. The van der Waals surface area contributed by atoms with Crippen LogP contribution in [0.15, 0.2) is 10.8 Å². The molecule has 0 bridgehead atoms. The van der Waals surface area contributed by atoms with Crippen LogP contribution < -0.4 is 10.6 Å². The molecular formula is C16H22N4O2S2. The molecule has 0 atom stereocenters. The Balaban J connectivity index is 1.91. The number of carbonyl (C=O) groups is 2. The Morgan fingerprint density at radius 3 is 2.62 bits per heavy atom. The van der Waals surface area contributed by atoms with Crippen LogP contribution >= 0.6 is 22.7 Å². The first-order valence-electron chi connectivity index (χ1n) is 7.88. The van der Waals surface area contributed by atoms with E-state index >= 15 is 0 Å². The summed E-state index contributed by atoms with van der Waals surface area (Å²) in [6, 6.07) is 0. The fourth-order valence-electron chi connectivity index (χ4n) is 1.93. The Bertz CT molecular complexity index is 694. The molecule has 2 aromatic rings. The highest BCUT2D eigenvalue weighted by Crippen LogP contribution is 2.25. The summed E-state index contributed by atoms with van der Waals surface area (Å²) in [7, 11) is 0. The van der Waals surface area contributed by atoms with Gasteiger partial charge in [0.1, 0.15) is 16.4 Å². The summed E-state index contributed by atoms with van der Waals surface area (Å²) in [5.74, 6) is 0.376. The third-order valence-corrected chi connectivity index (χ3v) is 5.00. The molecule has 0 aliphatic heterocycles. The third kappa shape index (κ3) is 5.68. The maximum Gasteiger partial charge on any atom is 0.270 e. The highest BCUT2D eigenvalue weighted by atomic mass is 32.1. The van der Waals surface area contributed by atoms with Crippen molar-refractivity contribution in [2.75, 3.05) is 13.1 Å². The van der Waals surface area contributed by atoms with Crippen molar-refractivity contribution >= 4 is 34.5 Å². The van der Waals surface area contributed by atoms with Crippen LogP contribution in [0.1, 0.15) is 42.7 Å². The van der Waals surface area contributed by atoms with Gasteiger partial charge in [0.15, 0.2) is 0 Å². The van der Waals surface area contributed by atoms with E-state index in [1.165, 1.54) is 29.6 Å². The molecule has 2 aromatic heterocycles. The molecule has 2 rings (SSSR count). The zero-order valence-electron chi connectivity index (χ0n) is 14.1. The number of hydrogen-bond acceptors (Lipinski definition) is 6. The average Bonchev–Trinajstić information content (AvgIpc) is 3.15. The maximum absolute atomic E-state index is 12.1. The third-order valence-electron chi connectivity index (χ3n) is 3.23. The van der Waals surface area contributed by atoms with E-state index in [4.69, 9.17) is 0 Å². The Labute approximate surface area is 149 Å². The van der Waals surface area contributed by atoms with Gasteiger partial charge in [0.2, 0.25) is 5.91 Å². The van der Waals surface area contributed by atoms with E-state index in [0.717, 1.165) is 22.1 Å². The van der Waals surface area contributed by atoms with Crippen molar-refractivity contribution in [1.82, 2.24) is 20.6 Å². The van der Waals surface area contributed by atoms with Gasteiger partial charge in [-0.1, -0.05) is 13.8 Å². The molecule has 6 nitrogen and oxygen atoms in total. The normalized spacial score (nSPS) is 10.8. The molecule has 0 radical (unpaired) electrons. The van der Waals surface area contributed by atoms with Gasteiger partial charge >= 0.3 is 0 Å². The molecule has 0 saturated carbocycles. The number of rotatable bonds is 8. The zero-order chi connectivity index (χ0) is 17.5. The summed E-state index contributed by atoms with van der Waals surface area (Å²) in [6.07, 6.45) is 1.64. The molecule has 130 valence electrons. The molecule has 0 fully saturated rings. The minimum Gasteiger partial charge on any atom is -0.356 e. The highest BCUT2D eigenvalue weighted by molar-refractivity contribution is 7.14. The second kappa shape index (κ2) is 8.89. The standard InChI is InChI=1S/C16H22N4O2S2/c1-10(2)4-6-18-15(22)12-8-24-16(20-12)13-9-23-14(19-13)5-7-17-11(3)21/h8-10H,4-7H2,1-3H3,(H,17,21)(H,18,22). The summed E-state index contributed by atoms with van der Waals surface area (Å²) >= 11 is 2.95. The number of nitrogens with zero attached hydrogens (tertiary/aromatic N) is 2. The quantitative estimate of drug-likeness (QED) is 0.752. The molecule has 0 unspecified atom stereocenters. The van der Waals surface area contributed by atoms with Crippen LogP contribution in [0.25, 0.3) is 10.7 Å². The lowest BCUT2D eigenvalue weighted by Gasteiger charge is -2.05. The van der Waals surface area contributed by atoms with Crippen molar-refractivity contribution in [2.45, 2.75) is 33.6 Å². The van der Waals surface area contributed by atoms with Crippen molar-refractivity contribution in [3.63, 3.8) is 0 Å². The van der Waals surface area contributed by atoms with Gasteiger partial charge in [0, 0.05) is 37.2 Å². The van der Waals surface area contributed by atoms with E-state index in [1.54, 1.807) is 5.38 Å². The second-order valence-electron chi connectivity index (χ2n) is 5.84. The number of amides is 2. The van der Waals surface area contributed by atoms with Crippen LogP contribution in [0, 0.1) is 5.92 Å². The highest BCUT2D eigenvalue weighted by Gasteiger charge is 2.13. The number of aromatic nitrogens is 2. The van der Waals surface area contributed by atoms with Crippen LogP contribution in [0.5, 0.6) is 0 Å². The van der Waals surface area contributed by atoms with E-state index in [0.29, 0.717) is 31.1 Å². The van der Waals surface area contributed by atoms with Gasteiger partial charge in [-0.05, 0) is 12.3 Å². The van der Waals surface area contributed by atoms with Gasteiger partial charge in [-0.3, -0.25) is 9.59 Å². The smallest absolute Gasteiger partial charge is 0.270 e. The lowest BCUT2D eigenvalue weighted by Crippen LogP contribution is -2.25. The molecule has 8 heteroatoms. The first-order chi connectivity index (χ1) is 11.5. The van der Waals surface area contributed by atoms with Crippen LogP contribution in [-0.2, 0) is 11.2 Å². The van der Waals surface area contributed by atoms with Crippen LogP contribution in [-0.4, -0.2) is 34.9 Å². The fourth-order valence-corrected chi connectivity index (χ4v) is 3.55. The lowest BCUT2D eigenvalue weighted by atomic mass is 10.1. The van der Waals surface area contributed by atoms with E-state index in [9.17, 15) is 9.59 Å². The Morgan fingerprint density at radius 1 is 1.12 bits per heavy atom. The zero-order valence-corrected chi connectivity index (χ0v) is 15.7. The van der Waals surface area contributed by atoms with Crippen molar-refractivity contribution in [1.29, 1.82) is 0 Å². The Morgan fingerprint density at radius 2 is 1.92 bits per heavy atom. The molecule has 2 N–H and O–H groups in total. The maximum atomic E-state index is 12.1. The van der Waals surface area contributed by atoms with Crippen LogP contribution in [0.3, 0.4) is 0 Å². The Hall–Kier alpha value is -1.80. The van der Waals surface area contributed by atoms with Crippen molar-refractivity contribution < 1.29 is 9.59 Å². The fraction of sp³-hybridized carbons (Fsp3) is 0.500. The van der Waals surface area contributed by atoms with Crippen molar-refractivity contribution in [3.8, 4) is 10.7 Å². The van der Waals surface area contributed by atoms with E-state index in [-0.39, 0.29) is 11.8 Å². The SMILES string of the molecule is CC(=O)NCCc1nc(-c2nc(C(=O)NCCC(C)C)cs2)cs1. The number of hydrogen-bond donors (Lipinski definition) is 2. The van der Waals surface area contributed by atoms with Gasteiger partial charge in [0.05, 0.1) is 5.01 Å². The van der Waals surface area contributed by atoms with Crippen LogP contribution in [0.2, 0.25) is 0 Å². The minimum absolute atomic E-state index is 0.0418. The molecule has 0 saturated heterocycles. The monoisotopic (exact) mass is 366 g/mol. The predicted octanol–water partition coefficient (Wildman–Crippen LogP) is 2.72. The minimum atomic E-state index is -0.140. The van der Waals surface area contributed by atoms with Crippen molar-refractivity contribution in [2.24, 2.45) is 5.92 Å². The van der Waals surface area contributed by atoms with Gasteiger partial charge in [-0.15, -0.1) is 22.7 Å². The summed E-state index contributed by atoms with van der Waals surface area (Å²) in [5.41, 5.74) is 1.22. The number of nitrogens with one attached hydrogen (secondary N) is 2. The van der Waals surface area contributed by atoms with E-state index in [2.05, 4.69) is 34.4 Å². The summed E-state index contributed by atoms with van der Waals surface area (Å²) < 4.78 is 0. The molecule has 0 aromatic carbocycles. The number of thiazole rings is 2. The van der Waals surface area contributed by atoms with E-state index in [1.807, 2.05) is 5.38 Å². The summed E-state index contributed by atoms with van der Waals surface area (Å²) in [5, 5.41) is 11.0. The lowest BCUT2D eigenvalue weighted by molar-refractivity contribution is -0.118. The van der Waals surface area contributed by atoms with Crippen molar-refractivity contribution in [3.05, 3.63) is 21.5 Å². The number of carbonyl (C=O) groups excluding carboxylic acids is 2. The Kier molecular flexibility index (Phi) is 6.86. The van der Waals surface area contributed by atoms with Gasteiger partial charge in [0.25, 0.3) is 5.91 Å². The summed E-state index contributed by atoms with van der Waals surface area (Å²) in [4.78, 5) is 31.8. The summed E-state index contributed by atoms with van der Waals surface area (Å²) in [6.45, 7) is 6.98. The first-order valence-corrected chi connectivity index (χ1v) is 9.64. The topological polar surface area (TPSA) is 84.0 Å². The van der Waals surface area contributed by atoms with Gasteiger partial charge in [-0.25, -0.2) is 9.97 Å². The predicted molar refractivity (Wildman–Crippen MR) is 97.4 cm³/mol. The molecule has 2 heterocycles. The molecule has 24 heavy (non-hydrogen) atoms. The van der Waals surface area contributed by atoms with Crippen LogP contribution in [0.4, 0.5) is 0 Å². The van der Waals surface area contributed by atoms with E-state index < -0.39 is 0 Å². The van der Waals surface area contributed by atoms with Gasteiger partial charge in [-0.2, -0.15) is 0 Å². The first kappa shape index (κ1) is 18.5.